The third-order valence-corrected chi connectivity index (χ3v) is 2.07. The zero-order valence-corrected chi connectivity index (χ0v) is 10.2. The van der Waals surface area contributed by atoms with Crippen LogP contribution in [0.15, 0.2) is 18.2 Å². The second-order valence-corrected chi connectivity index (χ2v) is 2.91. The molecule has 84 valence electrons. The lowest BCUT2D eigenvalue weighted by molar-refractivity contribution is 0.112. The fraction of sp³-hybridized carbons (Fsp3) is 0.417. The standard InChI is InChI=1S/C10H14N2O.C2H6/c1-8-5-4-6-9(7-13)10(8)12(3)11-2;1-2/h4-7,11H,1-3H3;1-2H3. The number of aldehydes is 1. The summed E-state index contributed by atoms with van der Waals surface area (Å²) < 4.78 is 0. The van der Waals surface area contributed by atoms with E-state index in [9.17, 15) is 4.79 Å². The number of hydrogen-bond donors (Lipinski definition) is 1. The van der Waals surface area contributed by atoms with Gasteiger partial charge in [-0.1, -0.05) is 26.0 Å². The third-order valence-electron chi connectivity index (χ3n) is 2.07. The van der Waals surface area contributed by atoms with Gasteiger partial charge in [0.15, 0.2) is 6.29 Å². The molecule has 1 rings (SSSR count). The molecule has 0 radical (unpaired) electrons. The number of hydrogen-bond acceptors (Lipinski definition) is 3. The second-order valence-electron chi connectivity index (χ2n) is 2.91. The molecule has 0 saturated heterocycles. The number of nitrogens with one attached hydrogen (secondary N) is 1. The van der Waals surface area contributed by atoms with Gasteiger partial charge in [-0.2, -0.15) is 0 Å². The Morgan fingerprint density at radius 1 is 1.33 bits per heavy atom. The van der Waals surface area contributed by atoms with E-state index < -0.39 is 0 Å². The summed E-state index contributed by atoms with van der Waals surface area (Å²) in [5.74, 6) is 0. The fourth-order valence-electron chi connectivity index (χ4n) is 1.35. The van der Waals surface area contributed by atoms with Crippen molar-refractivity contribution in [2.45, 2.75) is 20.8 Å². The monoisotopic (exact) mass is 208 g/mol. The molecule has 0 spiro atoms. The van der Waals surface area contributed by atoms with Gasteiger partial charge >= 0.3 is 0 Å². The molecule has 0 saturated carbocycles. The number of rotatable bonds is 3. The van der Waals surface area contributed by atoms with Gasteiger partial charge in [0.2, 0.25) is 0 Å². The Morgan fingerprint density at radius 3 is 2.40 bits per heavy atom. The van der Waals surface area contributed by atoms with E-state index in [2.05, 4.69) is 5.43 Å². The smallest absolute Gasteiger partial charge is 0.152 e. The summed E-state index contributed by atoms with van der Waals surface area (Å²) in [6.07, 6.45) is 0.871. The molecule has 1 aromatic carbocycles. The van der Waals surface area contributed by atoms with Crippen LogP contribution >= 0.6 is 0 Å². The average molecular weight is 208 g/mol. The van der Waals surface area contributed by atoms with E-state index in [0.717, 1.165) is 17.5 Å². The zero-order valence-electron chi connectivity index (χ0n) is 10.2. The molecule has 3 heteroatoms. The van der Waals surface area contributed by atoms with E-state index >= 15 is 0 Å². The summed E-state index contributed by atoms with van der Waals surface area (Å²) >= 11 is 0. The van der Waals surface area contributed by atoms with Crippen molar-refractivity contribution < 1.29 is 4.79 Å². The van der Waals surface area contributed by atoms with E-state index in [1.54, 1.807) is 0 Å². The van der Waals surface area contributed by atoms with Crippen LogP contribution in [0, 0.1) is 6.92 Å². The molecular weight excluding hydrogens is 188 g/mol. The van der Waals surface area contributed by atoms with Crippen LogP contribution in [0.25, 0.3) is 0 Å². The summed E-state index contributed by atoms with van der Waals surface area (Å²) in [7, 11) is 3.70. The lowest BCUT2D eigenvalue weighted by atomic mass is 10.1. The van der Waals surface area contributed by atoms with Crippen LogP contribution in [-0.4, -0.2) is 20.4 Å². The molecule has 3 nitrogen and oxygen atoms in total. The number of benzene rings is 1. The molecule has 0 bridgehead atoms. The number of carbonyl (C=O) groups excluding carboxylic acids is 1. The summed E-state index contributed by atoms with van der Waals surface area (Å²) in [6.45, 7) is 5.98. The van der Waals surface area contributed by atoms with Crippen molar-refractivity contribution >= 4 is 12.0 Å². The Balaban J connectivity index is 0.000000921. The number of nitrogens with zero attached hydrogens (tertiary/aromatic N) is 1. The van der Waals surface area contributed by atoms with Crippen LogP contribution < -0.4 is 10.4 Å². The molecule has 0 fully saturated rings. The molecule has 0 atom stereocenters. The zero-order chi connectivity index (χ0) is 11.8. The molecule has 1 aromatic rings. The Labute approximate surface area is 92.1 Å². The number of hydrazine groups is 1. The minimum atomic E-state index is 0.705. The van der Waals surface area contributed by atoms with E-state index in [-0.39, 0.29) is 0 Å². The molecule has 0 aliphatic rings. The van der Waals surface area contributed by atoms with Crippen molar-refractivity contribution in [3.63, 3.8) is 0 Å². The van der Waals surface area contributed by atoms with Gasteiger partial charge < -0.3 is 5.01 Å². The van der Waals surface area contributed by atoms with E-state index in [4.69, 9.17) is 0 Å². The third kappa shape index (κ3) is 3.36. The highest BCUT2D eigenvalue weighted by atomic mass is 16.1. The van der Waals surface area contributed by atoms with Gasteiger partial charge in [-0.15, -0.1) is 0 Å². The highest BCUT2D eigenvalue weighted by Gasteiger charge is 2.07. The number of aryl methyl sites for hydroxylation is 1. The number of anilines is 1. The molecule has 0 unspecified atom stereocenters. The topological polar surface area (TPSA) is 32.3 Å². The lowest BCUT2D eigenvalue weighted by Gasteiger charge is -2.21. The molecule has 15 heavy (non-hydrogen) atoms. The molecule has 0 aliphatic heterocycles. The highest BCUT2D eigenvalue weighted by Crippen LogP contribution is 2.20. The maximum atomic E-state index is 10.7. The lowest BCUT2D eigenvalue weighted by Crippen LogP contribution is -2.31. The fourth-order valence-corrected chi connectivity index (χ4v) is 1.35. The van der Waals surface area contributed by atoms with Gasteiger partial charge in [0, 0.05) is 19.7 Å². The largest absolute Gasteiger partial charge is 0.311 e. The summed E-state index contributed by atoms with van der Waals surface area (Å²) in [5.41, 5.74) is 5.69. The molecule has 0 heterocycles. The predicted molar refractivity (Wildman–Crippen MR) is 65.4 cm³/mol. The molecule has 1 N–H and O–H groups in total. The molecule has 0 amide bonds. The first-order chi connectivity index (χ1) is 7.20. The number of para-hydroxylation sites is 1. The van der Waals surface area contributed by atoms with Crippen molar-refractivity contribution in [1.82, 2.24) is 5.43 Å². The normalized spacial score (nSPS) is 8.87. The van der Waals surface area contributed by atoms with Crippen LogP contribution in [0.2, 0.25) is 0 Å². The van der Waals surface area contributed by atoms with Gasteiger partial charge in [0.25, 0.3) is 0 Å². The first kappa shape index (κ1) is 13.7. The van der Waals surface area contributed by atoms with Crippen LogP contribution in [0.5, 0.6) is 0 Å². The predicted octanol–water partition coefficient (Wildman–Crippen LogP) is 2.40. The van der Waals surface area contributed by atoms with E-state index in [1.807, 2.05) is 58.1 Å². The van der Waals surface area contributed by atoms with Crippen molar-refractivity contribution in [3.05, 3.63) is 29.3 Å². The average Bonchev–Trinajstić information content (AvgIpc) is 2.30. The van der Waals surface area contributed by atoms with Gasteiger partial charge in [0.05, 0.1) is 5.69 Å². The quantitative estimate of drug-likeness (QED) is 0.611. The van der Waals surface area contributed by atoms with Crippen molar-refractivity contribution in [1.29, 1.82) is 0 Å². The highest BCUT2D eigenvalue weighted by molar-refractivity contribution is 5.85. The Kier molecular flexibility index (Phi) is 6.38. The van der Waals surface area contributed by atoms with Crippen LogP contribution in [0.1, 0.15) is 29.8 Å². The summed E-state index contributed by atoms with van der Waals surface area (Å²) in [4.78, 5) is 10.7. The minimum Gasteiger partial charge on any atom is -0.311 e. The van der Waals surface area contributed by atoms with Gasteiger partial charge in [-0.25, -0.2) is 5.43 Å². The first-order valence-corrected chi connectivity index (χ1v) is 5.16. The summed E-state index contributed by atoms with van der Waals surface area (Å²) in [5, 5.41) is 1.83. The SMILES string of the molecule is CC.CNN(C)c1c(C)cccc1C=O. The summed E-state index contributed by atoms with van der Waals surface area (Å²) in [6, 6.07) is 5.67. The van der Waals surface area contributed by atoms with Gasteiger partial charge in [-0.3, -0.25) is 4.79 Å². The van der Waals surface area contributed by atoms with Crippen molar-refractivity contribution in [3.8, 4) is 0 Å². The minimum absolute atomic E-state index is 0.705. The van der Waals surface area contributed by atoms with Crippen molar-refractivity contribution in [2.24, 2.45) is 0 Å². The first-order valence-electron chi connectivity index (χ1n) is 5.16. The van der Waals surface area contributed by atoms with Gasteiger partial charge in [-0.05, 0) is 18.6 Å². The van der Waals surface area contributed by atoms with Gasteiger partial charge in [0.1, 0.15) is 0 Å². The van der Waals surface area contributed by atoms with Crippen LogP contribution in [-0.2, 0) is 0 Å². The molecule has 0 aromatic heterocycles. The maximum Gasteiger partial charge on any atom is 0.152 e. The Bertz CT molecular complexity index is 310. The van der Waals surface area contributed by atoms with Crippen molar-refractivity contribution in [2.75, 3.05) is 19.1 Å². The molecule has 0 aliphatic carbocycles. The Morgan fingerprint density at radius 2 is 1.93 bits per heavy atom. The van der Waals surface area contributed by atoms with Crippen LogP contribution in [0.4, 0.5) is 5.69 Å². The van der Waals surface area contributed by atoms with Crippen LogP contribution in [0.3, 0.4) is 0 Å². The molecular formula is C12H20N2O. The Hall–Kier alpha value is -1.35. The van der Waals surface area contributed by atoms with E-state index in [0.29, 0.717) is 5.56 Å². The van der Waals surface area contributed by atoms with E-state index in [1.165, 1.54) is 0 Å². The number of carbonyl (C=O) groups is 1. The maximum absolute atomic E-state index is 10.7. The second kappa shape index (κ2) is 7.01.